The van der Waals surface area contributed by atoms with Crippen LogP contribution in [0, 0.1) is 10.1 Å². The Bertz CT molecular complexity index is 597. The molecule has 0 radical (unpaired) electrons. The van der Waals surface area contributed by atoms with Crippen molar-refractivity contribution in [3.05, 3.63) is 33.9 Å². The zero-order chi connectivity index (χ0) is 16.7. The molecule has 1 heterocycles. The number of nitrogens with one attached hydrogen (secondary N) is 1. The number of aliphatic hydroxyl groups is 1. The van der Waals surface area contributed by atoms with Crippen LogP contribution in [0.25, 0.3) is 0 Å². The number of hydrogen-bond acceptors (Lipinski definition) is 6. The van der Waals surface area contributed by atoms with E-state index >= 15 is 0 Å². The van der Waals surface area contributed by atoms with Gasteiger partial charge in [-0.05, 0) is 25.3 Å². The van der Waals surface area contributed by atoms with Gasteiger partial charge in [0.15, 0.2) is 0 Å². The first kappa shape index (κ1) is 16.9. The van der Waals surface area contributed by atoms with Crippen LogP contribution in [-0.2, 0) is 4.79 Å². The van der Waals surface area contributed by atoms with Crippen molar-refractivity contribution in [3.63, 3.8) is 0 Å². The van der Waals surface area contributed by atoms with Crippen LogP contribution < -0.4 is 10.3 Å². The quantitative estimate of drug-likeness (QED) is 0.449. The summed E-state index contributed by atoms with van der Waals surface area (Å²) in [5, 5.41) is 23.5. The molecule has 1 fully saturated rings. The van der Waals surface area contributed by atoms with Crippen LogP contribution in [0.4, 0.5) is 11.4 Å². The number of carbonyl (C=O) groups is 1. The number of benzene rings is 1. The second-order valence-corrected chi connectivity index (χ2v) is 5.31. The van der Waals surface area contributed by atoms with Gasteiger partial charge < -0.3 is 10.0 Å². The number of non-ortho nitro benzene ring substituents is 1. The maximum atomic E-state index is 11.5. The average molecular weight is 320 g/mol. The molecule has 2 rings (SSSR count). The fourth-order valence-electron chi connectivity index (χ4n) is 2.47. The molecule has 0 aliphatic carbocycles. The van der Waals surface area contributed by atoms with Gasteiger partial charge in [0, 0.05) is 49.5 Å². The van der Waals surface area contributed by atoms with Crippen LogP contribution in [0.2, 0.25) is 0 Å². The molecule has 1 saturated heterocycles. The van der Waals surface area contributed by atoms with E-state index in [-0.39, 0.29) is 24.6 Å². The Morgan fingerprint density at radius 2 is 2.17 bits per heavy atom. The molecule has 0 saturated carbocycles. The standard InChI is InChI=1S/C15H20N4O4/c20-9-3-4-15(21)17-16-11-12-10-13(19(22)23)5-6-14(12)18-7-1-2-8-18/h5-6,10-11,20H,1-4,7-9H2,(H,17,21). The highest BCUT2D eigenvalue weighted by atomic mass is 16.6. The summed E-state index contributed by atoms with van der Waals surface area (Å²) in [4.78, 5) is 24.1. The Balaban J connectivity index is 2.14. The number of nitrogens with zero attached hydrogens (tertiary/aromatic N) is 3. The lowest BCUT2D eigenvalue weighted by Gasteiger charge is -2.19. The van der Waals surface area contributed by atoms with Crippen LogP contribution >= 0.6 is 0 Å². The Kier molecular flexibility index (Phi) is 6.04. The van der Waals surface area contributed by atoms with Gasteiger partial charge in [-0.15, -0.1) is 0 Å². The van der Waals surface area contributed by atoms with Crippen molar-refractivity contribution in [1.29, 1.82) is 0 Å². The van der Waals surface area contributed by atoms with Crippen molar-refractivity contribution in [3.8, 4) is 0 Å². The first-order valence-corrected chi connectivity index (χ1v) is 7.58. The molecule has 23 heavy (non-hydrogen) atoms. The van der Waals surface area contributed by atoms with Gasteiger partial charge in [0.2, 0.25) is 5.91 Å². The highest BCUT2D eigenvalue weighted by Gasteiger charge is 2.17. The number of aliphatic hydroxyl groups excluding tert-OH is 1. The number of anilines is 1. The monoisotopic (exact) mass is 320 g/mol. The summed E-state index contributed by atoms with van der Waals surface area (Å²) in [6.07, 6.45) is 4.16. The van der Waals surface area contributed by atoms with Crippen LogP contribution in [0.15, 0.2) is 23.3 Å². The first-order chi connectivity index (χ1) is 11.1. The van der Waals surface area contributed by atoms with Crippen molar-refractivity contribution in [2.75, 3.05) is 24.6 Å². The Hall–Kier alpha value is -2.48. The summed E-state index contributed by atoms with van der Waals surface area (Å²) in [5.74, 6) is -0.302. The molecule has 124 valence electrons. The maximum Gasteiger partial charge on any atom is 0.270 e. The fraction of sp³-hybridized carbons (Fsp3) is 0.467. The Morgan fingerprint density at radius 1 is 1.43 bits per heavy atom. The van der Waals surface area contributed by atoms with E-state index in [1.54, 1.807) is 6.07 Å². The topological polar surface area (TPSA) is 108 Å². The molecule has 1 aromatic carbocycles. The maximum absolute atomic E-state index is 11.5. The minimum absolute atomic E-state index is 0.0130. The fourth-order valence-corrected chi connectivity index (χ4v) is 2.47. The normalized spacial score (nSPS) is 14.4. The number of nitro benzene ring substituents is 1. The molecule has 1 aliphatic heterocycles. The second kappa shape index (κ2) is 8.23. The van der Waals surface area contributed by atoms with E-state index < -0.39 is 4.92 Å². The number of amides is 1. The molecule has 0 spiro atoms. The van der Waals surface area contributed by atoms with Gasteiger partial charge in [-0.3, -0.25) is 14.9 Å². The number of nitro groups is 1. The van der Waals surface area contributed by atoms with Crippen LogP contribution in [0.3, 0.4) is 0 Å². The molecule has 8 heteroatoms. The van der Waals surface area contributed by atoms with Gasteiger partial charge in [0.05, 0.1) is 11.1 Å². The van der Waals surface area contributed by atoms with E-state index in [1.165, 1.54) is 18.3 Å². The third-order valence-electron chi connectivity index (χ3n) is 3.62. The van der Waals surface area contributed by atoms with Crippen molar-refractivity contribution in [1.82, 2.24) is 5.43 Å². The molecule has 0 unspecified atom stereocenters. The molecule has 8 nitrogen and oxygen atoms in total. The number of hydrazone groups is 1. The van der Waals surface area contributed by atoms with Crippen LogP contribution in [0.5, 0.6) is 0 Å². The second-order valence-electron chi connectivity index (χ2n) is 5.31. The third kappa shape index (κ3) is 4.75. The van der Waals surface area contributed by atoms with Crippen LogP contribution in [-0.4, -0.2) is 41.8 Å². The van der Waals surface area contributed by atoms with Gasteiger partial charge in [-0.25, -0.2) is 5.43 Å². The summed E-state index contributed by atoms with van der Waals surface area (Å²) in [5.41, 5.74) is 3.83. The molecule has 2 N–H and O–H groups in total. The van der Waals surface area contributed by atoms with Gasteiger partial charge in [0.25, 0.3) is 5.69 Å². The first-order valence-electron chi connectivity index (χ1n) is 7.58. The van der Waals surface area contributed by atoms with Crippen molar-refractivity contribution < 1.29 is 14.8 Å². The van der Waals surface area contributed by atoms with Crippen molar-refractivity contribution in [2.24, 2.45) is 5.10 Å². The Morgan fingerprint density at radius 3 is 2.83 bits per heavy atom. The smallest absolute Gasteiger partial charge is 0.270 e. The van der Waals surface area contributed by atoms with Crippen LogP contribution in [0.1, 0.15) is 31.2 Å². The third-order valence-corrected chi connectivity index (χ3v) is 3.62. The van der Waals surface area contributed by atoms with Gasteiger partial charge in [-0.1, -0.05) is 0 Å². The highest BCUT2D eigenvalue weighted by Crippen LogP contribution is 2.27. The minimum atomic E-state index is -0.453. The van der Waals surface area contributed by atoms with Gasteiger partial charge in [0.1, 0.15) is 0 Å². The largest absolute Gasteiger partial charge is 0.396 e. The predicted molar refractivity (Wildman–Crippen MR) is 86.6 cm³/mol. The van der Waals surface area contributed by atoms with E-state index in [4.69, 9.17) is 5.11 Å². The molecule has 0 atom stereocenters. The zero-order valence-electron chi connectivity index (χ0n) is 12.8. The summed E-state index contributed by atoms with van der Waals surface area (Å²) in [6.45, 7) is 1.75. The lowest BCUT2D eigenvalue weighted by molar-refractivity contribution is -0.384. The van der Waals surface area contributed by atoms with E-state index in [2.05, 4.69) is 15.4 Å². The molecule has 1 aliphatic rings. The molecule has 0 bridgehead atoms. The van der Waals surface area contributed by atoms with Gasteiger partial charge >= 0.3 is 0 Å². The summed E-state index contributed by atoms with van der Waals surface area (Å²) in [7, 11) is 0. The van der Waals surface area contributed by atoms with Gasteiger partial charge in [-0.2, -0.15) is 5.10 Å². The number of rotatable bonds is 7. The summed E-state index contributed by atoms with van der Waals surface area (Å²) in [6, 6.07) is 4.65. The molecule has 1 aromatic rings. The van der Waals surface area contributed by atoms with Crippen molar-refractivity contribution >= 4 is 23.5 Å². The lowest BCUT2D eigenvalue weighted by atomic mass is 10.1. The Labute approximate surface area is 133 Å². The predicted octanol–water partition coefficient (Wildman–Crippen LogP) is 1.42. The van der Waals surface area contributed by atoms with E-state index in [9.17, 15) is 14.9 Å². The zero-order valence-corrected chi connectivity index (χ0v) is 12.8. The van der Waals surface area contributed by atoms with E-state index in [0.29, 0.717) is 12.0 Å². The number of hydrogen-bond donors (Lipinski definition) is 2. The highest BCUT2D eigenvalue weighted by molar-refractivity contribution is 5.90. The lowest BCUT2D eigenvalue weighted by Crippen LogP contribution is -2.20. The van der Waals surface area contributed by atoms with E-state index in [1.807, 2.05) is 0 Å². The minimum Gasteiger partial charge on any atom is -0.396 e. The molecule has 0 aromatic heterocycles. The molecular formula is C15H20N4O4. The molecular weight excluding hydrogens is 300 g/mol. The average Bonchev–Trinajstić information content (AvgIpc) is 3.07. The SMILES string of the molecule is O=C(CCCO)NN=Cc1cc([N+](=O)[O-])ccc1N1CCCC1. The van der Waals surface area contributed by atoms with Crippen molar-refractivity contribution in [2.45, 2.75) is 25.7 Å². The van der Waals surface area contributed by atoms with E-state index in [0.717, 1.165) is 31.6 Å². The molecule has 1 amide bonds. The summed E-state index contributed by atoms with van der Waals surface area (Å²) < 4.78 is 0. The summed E-state index contributed by atoms with van der Waals surface area (Å²) >= 11 is 0. The number of carbonyl (C=O) groups excluding carboxylic acids is 1.